The number of amides is 1. The Hall–Kier alpha value is -1.32. The predicted molar refractivity (Wildman–Crippen MR) is 68.6 cm³/mol. The topological polar surface area (TPSA) is 46.9 Å². The minimum Gasteiger partial charge on any atom is -0.347 e. The van der Waals surface area contributed by atoms with Crippen LogP contribution in [0.2, 0.25) is 0 Å². The fourth-order valence-corrected chi connectivity index (χ4v) is 1.64. The van der Waals surface area contributed by atoms with Gasteiger partial charge in [0.15, 0.2) is 0 Å². The molecule has 0 fully saturated rings. The summed E-state index contributed by atoms with van der Waals surface area (Å²) in [6.07, 6.45) is 6.65. The normalized spacial score (nSPS) is 11.5. The van der Waals surface area contributed by atoms with Crippen LogP contribution in [-0.2, 0) is 16.9 Å². The summed E-state index contributed by atoms with van der Waals surface area (Å²) in [5.41, 5.74) is 0.702. The number of hydrogen-bond donors (Lipinski definition) is 1. The van der Waals surface area contributed by atoms with E-state index >= 15 is 0 Å². The third kappa shape index (κ3) is 3.88. The first-order chi connectivity index (χ1) is 7.99. The molecule has 0 aromatic carbocycles. The quantitative estimate of drug-likeness (QED) is 0.826. The minimum absolute atomic E-state index is 0.0660. The van der Waals surface area contributed by atoms with Gasteiger partial charge in [0, 0.05) is 24.7 Å². The standard InChI is InChI=1S/C13H23N3O/c1-5-7-8-16-10-11(9-14-16)13(3,4)15-12(17)6-2/h9-10H,5-8H2,1-4H3,(H,15,17). The molecule has 0 aliphatic rings. The molecule has 0 saturated carbocycles. The molecule has 0 saturated heterocycles. The van der Waals surface area contributed by atoms with E-state index in [-0.39, 0.29) is 11.4 Å². The van der Waals surface area contributed by atoms with Gasteiger partial charge in [-0.2, -0.15) is 5.10 Å². The van der Waals surface area contributed by atoms with Gasteiger partial charge in [-0.15, -0.1) is 0 Å². The number of aryl methyl sites for hydroxylation is 1. The van der Waals surface area contributed by atoms with E-state index in [1.165, 1.54) is 0 Å². The number of rotatable bonds is 6. The molecule has 0 atom stereocenters. The molecule has 1 rings (SSSR count). The van der Waals surface area contributed by atoms with Crippen LogP contribution in [0.15, 0.2) is 12.4 Å². The Morgan fingerprint density at radius 1 is 1.47 bits per heavy atom. The predicted octanol–water partition coefficient (Wildman–Crippen LogP) is 2.44. The fourth-order valence-electron chi connectivity index (χ4n) is 1.64. The molecule has 0 radical (unpaired) electrons. The third-order valence-electron chi connectivity index (χ3n) is 2.87. The van der Waals surface area contributed by atoms with E-state index in [1.54, 1.807) is 0 Å². The monoisotopic (exact) mass is 237 g/mol. The maximum atomic E-state index is 11.4. The molecule has 0 spiro atoms. The maximum absolute atomic E-state index is 11.4. The first kappa shape index (κ1) is 13.7. The lowest BCUT2D eigenvalue weighted by Gasteiger charge is -2.24. The number of nitrogens with one attached hydrogen (secondary N) is 1. The van der Waals surface area contributed by atoms with Crippen molar-refractivity contribution in [3.8, 4) is 0 Å². The highest BCUT2D eigenvalue weighted by molar-refractivity contribution is 5.76. The summed E-state index contributed by atoms with van der Waals surface area (Å²) >= 11 is 0. The van der Waals surface area contributed by atoms with Crippen molar-refractivity contribution < 1.29 is 4.79 Å². The van der Waals surface area contributed by atoms with Gasteiger partial charge in [-0.3, -0.25) is 9.48 Å². The summed E-state index contributed by atoms with van der Waals surface area (Å²) in [6, 6.07) is 0. The number of carbonyl (C=O) groups excluding carboxylic acids is 1. The first-order valence-corrected chi connectivity index (χ1v) is 6.33. The zero-order valence-electron chi connectivity index (χ0n) is 11.3. The highest BCUT2D eigenvalue weighted by Gasteiger charge is 2.23. The van der Waals surface area contributed by atoms with Crippen LogP contribution in [0.5, 0.6) is 0 Å². The highest BCUT2D eigenvalue weighted by atomic mass is 16.1. The van der Waals surface area contributed by atoms with Gasteiger partial charge in [0.2, 0.25) is 5.91 Å². The van der Waals surface area contributed by atoms with Crippen LogP contribution < -0.4 is 5.32 Å². The minimum atomic E-state index is -0.350. The number of hydrogen-bond acceptors (Lipinski definition) is 2. The SMILES string of the molecule is CCCCn1cc(C(C)(C)NC(=O)CC)cn1. The Morgan fingerprint density at radius 3 is 2.76 bits per heavy atom. The Morgan fingerprint density at radius 2 is 2.18 bits per heavy atom. The highest BCUT2D eigenvalue weighted by Crippen LogP contribution is 2.19. The molecule has 0 aliphatic heterocycles. The molecule has 96 valence electrons. The molecular formula is C13H23N3O. The lowest BCUT2D eigenvalue weighted by molar-refractivity contribution is -0.122. The molecule has 0 aliphatic carbocycles. The van der Waals surface area contributed by atoms with Gasteiger partial charge >= 0.3 is 0 Å². The average Bonchev–Trinajstić information content (AvgIpc) is 2.75. The maximum Gasteiger partial charge on any atom is 0.220 e. The van der Waals surface area contributed by atoms with E-state index in [9.17, 15) is 4.79 Å². The van der Waals surface area contributed by atoms with Crippen molar-refractivity contribution in [3.63, 3.8) is 0 Å². The summed E-state index contributed by atoms with van der Waals surface area (Å²) in [4.78, 5) is 11.4. The fraction of sp³-hybridized carbons (Fsp3) is 0.692. The van der Waals surface area contributed by atoms with Gasteiger partial charge in [-0.1, -0.05) is 20.3 Å². The molecule has 1 aromatic heterocycles. The molecule has 0 unspecified atom stereocenters. The molecule has 17 heavy (non-hydrogen) atoms. The molecule has 1 N–H and O–H groups in total. The second-order valence-electron chi connectivity index (χ2n) is 4.87. The van der Waals surface area contributed by atoms with Crippen LogP contribution in [0.3, 0.4) is 0 Å². The van der Waals surface area contributed by atoms with Crippen LogP contribution in [0.25, 0.3) is 0 Å². The van der Waals surface area contributed by atoms with Crippen molar-refractivity contribution >= 4 is 5.91 Å². The molecule has 1 aromatic rings. The lowest BCUT2D eigenvalue weighted by atomic mass is 9.97. The van der Waals surface area contributed by atoms with Crippen LogP contribution in [-0.4, -0.2) is 15.7 Å². The second-order valence-corrected chi connectivity index (χ2v) is 4.87. The van der Waals surface area contributed by atoms with E-state index < -0.39 is 0 Å². The first-order valence-electron chi connectivity index (χ1n) is 6.33. The van der Waals surface area contributed by atoms with Crippen molar-refractivity contribution in [3.05, 3.63) is 18.0 Å². The van der Waals surface area contributed by atoms with Crippen LogP contribution >= 0.6 is 0 Å². The zero-order chi connectivity index (χ0) is 12.9. The Kier molecular flexibility index (Phi) is 4.73. The number of carbonyl (C=O) groups is 1. The van der Waals surface area contributed by atoms with Gasteiger partial charge in [0.05, 0.1) is 11.7 Å². The number of nitrogens with zero attached hydrogens (tertiary/aromatic N) is 2. The van der Waals surface area contributed by atoms with Gasteiger partial charge in [-0.25, -0.2) is 0 Å². The van der Waals surface area contributed by atoms with Crippen molar-refractivity contribution in [2.75, 3.05) is 0 Å². The zero-order valence-corrected chi connectivity index (χ0v) is 11.3. The van der Waals surface area contributed by atoms with Gasteiger partial charge in [-0.05, 0) is 20.3 Å². The second kappa shape index (κ2) is 5.84. The van der Waals surface area contributed by atoms with Crippen LogP contribution in [0.4, 0.5) is 0 Å². The van der Waals surface area contributed by atoms with E-state index in [0.29, 0.717) is 6.42 Å². The molecular weight excluding hydrogens is 214 g/mol. The average molecular weight is 237 g/mol. The smallest absolute Gasteiger partial charge is 0.220 e. The molecule has 1 heterocycles. The van der Waals surface area contributed by atoms with Gasteiger partial charge in [0.25, 0.3) is 0 Å². The number of aromatic nitrogens is 2. The summed E-state index contributed by atoms with van der Waals surface area (Å²) in [6.45, 7) is 8.96. The summed E-state index contributed by atoms with van der Waals surface area (Å²) in [5.74, 6) is 0.0660. The summed E-state index contributed by atoms with van der Waals surface area (Å²) < 4.78 is 1.94. The van der Waals surface area contributed by atoms with Crippen molar-refractivity contribution in [1.82, 2.24) is 15.1 Å². The molecule has 0 bridgehead atoms. The van der Waals surface area contributed by atoms with E-state index in [0.717, 1.165) is 24.9 Å². The van der Waals surface area contributed by atoms with Gasteiger partial charge in [0.1, 0.15) is 0 Å². The van der Waals surface area contributed by atoms with Gasteiger partial charge < -0.3 is 5.32 Å². The third-order valence-corrected chi connectivity index (χ3v) is 2.87. The molecule has 1 amide bonds. The Balaban J connectivity index is 2.70. The lowest BCUT2D eigenvalue weighted by Crippen LogP contribution is -2.40. The van der Waals surface area contributed by atoms with E-state index in [4.69, 9.17) is 0 Å². The largest absolute Gasteiger partial charge is 0.347 e. The Bertz CT molecular complexity index is 368. The van der Waals surface area contributed by atoms with Crippen LogP contribution in [0, 0.1) is 0 Å². The summed E-state index contributed by atoms with van der Waals surface area (Å²) in [7, 11) is 0. The van der Waals surface area contributed by atoms with Crippen molar-refractivity contribution in [2.45, 2.75) is 59.0 Å². The molecule has 4 nitrogen and oxygen atoms in total. The molecule has 4 heteroatoms. The Labute approximate surface area is 103 Å². The van der Waals surface area contributed by atoms with Crippen molar-refractivity contribution in [1.29, 1.82) is 0 Å². The van der Waals surface area contributed by atoms with Crippen LogP contribution in [0.1, 0.15) is 52.5 Å². The van der Waals surface area contributed by atoms with Crippen molar-refractivity contribution in [2.24, 2.45) is 0 Å². The van der Waals surface area contributed by atoms with E-state index in [2.05, 4.69) is 17.3 Å². The summed E-state index contributed by atoms with van der Waals surface area (Å²) in [5, 5.41) is 7.32. The number of unbranched alkanes of at least 4 members (excludes halogenated alkanes) is 1. The van der Waals surface area contributed by atoms with E-state index in [1.807, 2.05) is 37.8 Å².